The summed E-state index contributed by atoms with van der Waals surface area (Å²) in [5.41, 5.74) is 0. The van der Waals surface area contributed by atoms with Gasteiger partial charge in [0.05, 0.1) is 12.4 Å². The zero-order valence-corrected chi connectivity index (χ0v) is 13.0. The van der Waals surface area contributed by atoms with Gasteiger partial charge in [-0.15, -0.1) is 0 Å². The molecule has 0 aliphatic carbocycles. The molecule has 0 saturated carbocycles. The summed E-state index contributed by atoms with van der Waals surface area (Å²) in [6.07, 6.45) is 4.23. The van der Waals surface area contributed by atoms with Gasteiger partial charge in [-0.25, -0.2) is 8.42 Å². The number of ether oxygens (including phenoxy) is 1. The SMILES string of the molecule is CCOCCN(CC)S(=O)(=O)CCC1CCCCN1. The van der Waals surface area contributed by atoms with Crippen molar-refractivity contribution in [3.05, 3.63) is 0 Å². The molecule has 19 heavy (non-hydrogen) atoms. The predicted molar refractivity (Wildman–Crippen MR) is 77.8 cm³/mol. The number of sulfonamides is 1. The lowest BCUT2D eigenvalue weighted by Crippen LogP contribution is -2.39. The first-order valence-electron chi connectivity index (χ1n) is 7.39. The van der Waals surface area contributed by atoms with Gasteiger partial charge in [0.15, 0.2) is 0 Å². The summed E-state index contributed by atoms with van der Waals surface area (Å²) in [6.45, 7) is 6.90. The van der Waals surface area contributed by atoms with Gasteiger partial charge in [0.25, 0.3) is 0 Å². The van der Waals surface area contributed by atoms with Crippen molar-refractivity contribution in [1.29, 1.82) is 0 Å². The first-order valence-corrected chi connectivity index (χ1v) is 9.00. The van der Waals surface area contributed by atoms with E-state index in [4.69, 9.17) is 4.74 Å². The van der Waals surface area contributed by atoms with Crippen LogP contribution in [-0.4, -0.2) is 57.4 Å². The molecule has 6 heteroatoms. The quantitative estimate of drug-likeness (QED) is 0.649. The van der Waals surface area contributed by atoms with Crippen LogP contribution in [-0.2, 0) is 14.8 Å². The molecule has 1 heterocycles. The smallest absolute Gasteiger partial charge is 0.214 e. The molecule has 1 saturated heterocycles. The van der Waals surface area contributed by atoms with Crippen LogP contribution < -0.4 is 5.32 Å². The van der Waals surface area contributed by atoms with Gasteiger partial charge < -0.3 is 10.1 Å². The Labute approximate surface area is 117 Å². The maximum absolute atomic E-state index is 12.2. The molecule has 0 aromatic rings. The lowest BCUT2D eigenvalue weighted by molar-refractivity contribution is 0.135. The van der Waals surface area contributed by atoms with Crippen molar-refractivity contribution >= 4 is 10.0 Å². The van der Waals surface area contributed by atoms with E-state index in [1.807, 2.05) is 13.8 Å². The summed E-state index contributed by atoms with van der Waals surface area (Å²) >= 11 is 0. The number of hydrogen-bond acceptors (Lipinski definition) is 4. The monoisotopic (exact) mass is 292 g/mol. The van der Waals surface area contributed by atoms with Gasteiger partial charge in [-0.3, -0.25) is 0 Å². The minimum atomic E-state index is -3.14. The summed E-state index contributed by atoms with van der Waals surface area (Å²) in [4.78, 5) is 0. The standard InChI is InChI=1S/C13H28N2O3S/c1-3-15(10-11-18-4-2)19(16,17)12-8-13-7-5-6-9-14-13/h13-14H,3-12H2,1-2H3. The largest absolute Gasteiger partial charge is 0.380 e. The molecule has 1 fully saturated rings. The van der Waals surface area contributed by atoms with Gasteiger partial charge in [-0.2, -0.15) is 4.31 Å². The Hall–Kier alpha value is -0.170. The van der Waals surface area contributed by atoms with Crippen molar-refractivity contribution in [3.8, 4) is 0 Å². The Morgan fingerprint density at radius 3 is 2.68 bits per heavy atom. The normalized spacial score (nSPS) is 20.9. The lowest BCUT2D eigenvalue weighted by atomic mass is 10.0. The Morgan fingerprint density at radius 2 is 2.11 bits per heavy atom. The fourth-order valence-electron chi connectivity index (χ4n) is 2.40. The molecule has 0 bridgehead atoms. The Bertz CT molecular complexity index is 327. The molecular weight excluding hydrogens is 264 g/mol. The third kappa shape index (κ3) is 6.21. The molecule has 1 rings (SSSR count). The Morgan fingerprint density at radius 1 is 1.32 bits per heavy atom. The molecule has 0 spiro atoms. The topological polar surface area (TPSA) is 58.6 Å². The number of hydrogen-bond donors (Lipinski definition) is 1. The zero-order chi connectivity index (χ0) is 14.1. The van der Waals surface area contributed by atoms with Gasteiger partial charge >= 0.3 is 0 Å². The van der Waals surface area contributed by atoms with Gasteiger partial charge in [-0.05, 0) is 32.7 Å². The van der Waals surface area contributed by atoms with Gasteiger partial charge in [-0.1, -0.05) is 13.3 Å². The summed E-state index contributed by atoms with van der Waals surface area (Å²) in [5.74, 6) is 0.241. The van der Waals surface area contributed by atoms with Crippen molar-refractivity contribution in [1.82, 2.24) is 9.62 Å². The van der Waals surface area contributed by atoms with Crippen LogP contribution in [0.15, 0.2) is 0 Å². The maximum Gasteiger partial charge on any atom is 0.214 e. The van der Waals surface area contributed by atoms with E-state index >= 15 is 0 Å². The maximum atomic E-state index is 12.2. The van der Waals surface area contributed by atoms with Crippen LogP contribution in [0.4, 0.5) is 0 Å². The minimum Gasteiger partial charge on any atom is -0.380 e. The fourth-order valence-corrected chi connectivity index (χ4v) is 3.98. The first kappa shape index (κ1) is 16.9. The van der Waals surface area contributed by atoms with Crippen molar-refractivity contribution < 1.29 is 13.2 Å². The highest BCUT2D eigenvalue weighted by atomic mass is 32.2. The average Bonchev–Trinajstić information content (AvgIpc) is 2.42. The van der Waals surface area contributed by atoms with Crippen LogP contribution >= 0.6 is 0 Å². The van der Waals surface area contributed by atoms with Crippen LogP contribution in [0.3, 0.4) is 0 Å². The lowest BCUT2D eigenvalue weighted by Gasteiger charge is -2.25. The van der Waals surface area contributed by atoms with Crippen molar-refractivity contribution in [3.63, 3.8) is 0 Å². The Balaban J connectivity index is 2.38. The molecule has 1 N–H and O–H groups in total. The van der Waals surface area contributed by atoms with Crippen molar-refractivity contribution in [2.24, 2.45) is 0 Å². The van der Waals surface area contributed by atoms with Crippen LogP contribution in [0.1, 0.15) is 39.5 Å². The molecule has 1 aliphatic rings. The molecule has 1 aliphatic heterocycles. The zero-order valence-electron chi connectivity index (χ0n) is 12.2. The van der Waals surface area contributed by atoms with E-state index in [-0.39, 0.29) is 5.75 Å². The summed E-state index contributed by atoms with van der Waals surface area (Å²) in [6, 6.07) is 0.370. The van der Waals surface area contributed by atoms with E-state index in [0.717, 1.165) is 13.0 Å². The van der Waals surface area contributed by atoms with E-state index < -0.39 is 10.0 Å². The molecule has 0 radical (unpaired) electrons. The molecule has 114 valence electrons. The number of nitrogens with one attached hydrogen (secondary N) is 1. The molecule has 5 nitrogen and oxygen atoms in total. The summed E-state index contributed by atoms with van der Waals surface area (Å²) in [7, 11) is -3.14. The van der Waals surface area contributed by atoms with Crippen molar-refractivity contribution in [2.75, 3.05) is 38.6 Å². The summed E-state index contributed by atoms with van der Waals surface area (Å²) < 4.78 is 31.3. The van der Waals surface area contributed by atoms with Gasteiger partial charge in [0, 0.05) is 25.7 Å². The second kappa shape index (κ2) is 8.89. The molecule has 1 atom stereocenters. The van der Waals surface area contributed by atoms with E-state index in [1.54, 1.807) is 0 Å². The highest BCUT2D eigenvalue weighted by molar-refractivity contribution is 7.89. The van der Waals surface area contributed by atoms with Crippen LogP contribution in [0, 0.1) is 0 Å². The predicted octanol–water partition coefficient (Wildman–Crippen LogP) is 1.21. The second-order valence-corrected chi connectivity index (χ2v) is 7.03. The highest BCUT2D eigenvalue weighted by Crippen LogP contribution is 2.12. The minimum absolute atomic E-state index is 0.241. The van der Waals surface area contributed by atoms with Crippen LogP contribution in [0.25, 0.3) is 0 Å². The first-order chi connectivity index (χ1) is 9.10. The number of piperidine rings is 1. The third-order valence-electron chi connectivity index (χ3n) is 3.57. The third-order valence-corrected chi connectivity index (χ3v) is 5.55. The summed E-state index contributed by atoms with van der Waals surface area (Å²) in [5, 5.41) is 3.39. The van der Waals surface area contributed by atoms with Gasteiger partial charge in [0.1, 0.15) is 0 Å². The van der Waals surface area contributed by atoms with Crippen LogP contribution in [0.5, 0.6) is 0 Å². The molecular formula is C13H28N2O3S. The van der Waals surface area contributed by atoms with Crippen molar-refractivity contribution in [2.45, 2.75) is 45.6 Å². The molecule has 1 unspecified atom stereocenters. The fraction of sp³-hybridized carbons (Fsp3) is 1.00. The second-order valence-electron chi connectivity index (χ2n) is 4.94. The Kier molecular flexibility index (Phi) is 7.90. The average molecular weight is 292 g/mol. The van der Waals surface area contributed by atoms with Gasteiger partial charge in [0.2, 0.25) is 10.0 Å². The van der Waals surface area contributed by atoms with E-state index in [1.165, 1.54) is 17.1 Å². The van der Waals surface area contributed by atoms with Crippen LogP contribution in [0.2, 0.25) is 0 Å². The number of likely N-dealkylation sites (N-methyl/N-ethyl adjacent to an activating group) is 1. The van der Waals surface area contributed by atoms with E-state index in [2.05, 4.69) is 5.32 Å². The molecule has 0 aromatic carbocycles. The molecule has 0 aromatic heterocycles. The highest BCUT2D eigenvalue weighted by Gasteiger charge is 2.22. The van der Waals surface area contributed by atoms with E-state index in [9.17, 15) is 8.42 Å². The number of rotatable bonds is 9. The van der Waals surface area contributed by atoms with E-state index in [0.29, 0.717) is 38.8 Å². The number of nitrogens with zero attached hydrogens (tertiary/aromatic N) is 1. The molecule has 0 amide bonds.